The molecule has 6 heteroatoms. The normalized spacial score (nSPS) is 14.9. The summed E-state index contributed by atoms with van der Waals surface area (Å²) in [6, 6.07) is 5.46. The highest BCUT2D eigenvalue weighted by Crippen LogP contribution is 2.29. The molecule has 1 saturated heterocycles. The Hall–Kier alpha value is -1.46. The molecule has 1 amide bonds. The summed E-state index contributed by atoms with van der Waals surface area (Å²) in [6.45, 7) is 7.66. The van der Waals surface area contributed by atoms with E-state index in [1.54, 1.807) is 6.07 Å². The largest absolute Gasteiger partial charge is 0.490 e. The third kappa shape index (κ3) is 5.28. The van der Waals surface area contributed by atoms with Crippen LogP contribution in [0.25, 0.3) is 0 Å². The van der Waals surface area contributed by atoms with E-state index in [9.17, 15) is 4.79 Å². The molecule has 1 fully saturated rings. The number of halogens is 1. The molecule has 1 aliphatic heterocycles. The summed E-state index contributed by atoms with van der Waals surface area (Å²) in [7, 11) is 1.98. The highest BCUT2D eigenvalue weighted by molar-refractivity contribution is 5.95. The van der Waals surface area contributed by atoms with Crippen molar-refractivity contribution in [1.29, 1.82) is 0 Å². The van der Waals surface area contributed by atoms with Crippen molar-refractivity contribution >= 4 is 18.3 Å². The predicted octanol–water partition coefficient (Wildman–Crippen LogP) is 2.98. The van der Waals surface area contributed by atoms with E-state index in [4.69, 9.17) is 9.47 Å². The molecule has 24 heavy (non-hydrogen) atoms. The molecule has 0 aliphatic carbocycles. The first-order chi connectivity index (χ1) is 11.2. The Labute approximate surface area is 151 Å². The fraction of sp³-hybridized carbons (Fsp3) is 0.611. The van der Waals surface area contributed by atoms with Crippen molar-refractivity contribution in [3.05, 3.63) is 23.8 Å². The summed E-state index contributed by atoms with van der Waals surface area (Å²) in [5, 5.41) is 3.22. The van der Waals surface area contributed by atoms with Gasteiger partial charge in [-0.1, -0.05) is 0 Å². The molecule has 5 nitrogen and oxygen atoms in total. The number of hydrogen-bond acceptors (Lipinski definition) is 4. The van der Waals surface area contributed by atoms with Gasteiger partial charge in [-0.15, -0.1) is 12.4 Å². The van der Waals surface area contributed by atoms with Gasteiger partial charge in [0.25, 0.3) is 5.91 Å². The third-order valence-corrected chi connectivity index (χ3v) is 4.18. The van der Waals surface area contributed by atoms with Gasteiger partial charge in [0.1, 0.15) is 0 Å². The fourth-order valence-corrected chi connectivity index (χ4v) is 3.00. The molecular formula is C18H29ClN2O3. The first kappa shape index (κ1) is 20.6. The van der Waals surface area contributed by atoms with Crippen LogP contribution in [-0.2, 0) is 0 Å². The lowest BCUT2D eigenvalue weighted by atomic mass is 9.96. The van der Waals surface area contributed by atoms with Crippen molar-refractivity contribution in [3.8, 4) is 11.5 Å². The molecule has 136 valence electrons. The van der Waals surface area contributed by atoms with Crippen molar-refractivity contribution in [2.75, 3.05) is 39.9 Å². The van der Waals surface area contributed by atoms with Gasteiger partial charge < -0.3 is 19.7 Å². The number of piperidine rings is 1. The maximum atomic E-state index is 12.7. The Morgan fingerprint density at radius 3 is 2.38 bits per heavy atom. The van der Waals surface area contributed by atoms with Gasteiger partial charge in [-0.2, -0.15) is 0 Å². The van der Waals surface area contributed by atoms with Crippen LogP contribution in [0.5, 0.6) is 11.5 Å². The monoisotopic (exact) mass is 356 g/mol. The molecule has 0 atom stereocenters. The van der Waals surface area contributed by atoms with Gasteiger partial charge in [-0.05, 0) is 64.4 Å². The van der Waals surface area contributed by atoms with E-state index in [-0.39, 0.29) is 18.3 Å². The minimum absolute atomic E-state index is 0. The number of carbonyl (C=O) groups excluding carboxylic acids is 1. The number of amides is 1. The molecule has 0 bridgehead atoms. The van der Waals surface area contributed by atoms with Crippen molar-refractivity contribution in [1.82, 2.24) is 10.2 Å². The Balaban J connectivity index is 0.00000288. The Kier molecular flexibility index (Phi) is 8.93. The molecule has 1 aromatic carbocycles. The van der Waals surface area contributed by atoms with Gasteiger partial charge in [-0.25, -0.2) is 0 Å². The van der Waals surface area contributed by atoms with Gasteiger partial charge >= 0.3 is 0 Å². The molecular weight excluding hydrogens is 328 g/mol. The molecule has 1 aromatic rings. The zero-order chi connectivity index (χ0) is 16.7. The molecule has 1 N–H and O–H groups in total. The average Bonchev–Trinajstić information content (AvgIpc) is 2.57. The number of hydrogen-bond donors (Lipinski definition) is 1. The smallest absolute Gasteiger partial charge is 0.253 e. The van der Waals surface area contributed by atoms with Crippen LogP contribution in [0.2, 0.25) is 0 Å². The Bertz CT molecular complexity index is 517. The van der Waals surface area contributed by atoms with Crippen LogP contribution in [0.15, 0.2) is 18.2 Å². The quantitative estimate of drug-likeness (QED) is 0.816. The number of benzene rings is 1. The van der Waals surface area contributed by atoms with Gasteiger partial charge in [0, 0.05) is 18.7 Å². The van der Waals surface area contributed by atoms with Crippen LogP contribution < -0.4 is 14.8 Å². The highest BCUT2D eigenvalue weighted by atomic mass is 35.5. The summed E-state index contributed by atoms with van der Waals surface area (Å²) in [5.74, 6) is 2.09. The van der Waals surface area contributed by atoms with E-state index >= 15 is 0 Å². The third-order valence-electron chi connectivity index (χ3n) is 4.18. The fourth-order valence-electron chi connectivity index (χ4n) is 3.00. The molecule has 0 saturated carbocycles. The molecule has 1 heterocycles. The lowest BCUT2D eigenvalue weighted by molar-refractivity contribution is 0.0690. The first-order valence-corrected chi connectivity index (χ1v) is 8.53. The predicted molar refractivity (Wildman–Crippen MR) is 98.6 cm³/mol. The van der Waals surface area contributed by atoms with Gasteiger partial charge in [0.15, 0.2) is 11.5 Å². The van der Waals surface area contributed by atoms with Crippen LogP contribution in [0.1, 0.15) is 37.0 Å². The van der Waals surface area contributed by atoms with Crippen molar-refractivity contribution < 1.29 is 14.3 Å². The summed E-state index contributed by atoms with van der Waals surface area (Å²) < 4.78 is 11.2. The van der Waals surface area contributed by atoms with E-state index in [1.165, 1.54) is 0 Å². The summed E-state index contributed by atoms with van der Waals surface area (Å²) in [5.41, 5.74) is 0.670. The van der Waals surface area contributed by atoms with E-state index in [1.807, 2.05) is 37.9 Å². The van der Waals surface area contributed by atoms with Crippen LogP contribution in [0.4, 0.5) is 0 Å². The number of carbonyl (C=O) groups is 1. The number of rotatable bonds is 7. The zero-order valence-electron chi connectivity index (χ0n) is 14.8. The van der Waals surface area contributed by atoms with Crippen molar-refractivity contribution in [2.24, 2.45) is 5.92 Å². The van der Waals surface area contributed by atoms with Crippen molar-refractivity contribution in [2.45, 2.75) is 26.7 Å². The van der Waals surface area contributed by atoms with Crippen LogP contribution >= 0.6 is 12.4 Å². The second kappa shape index (κ2) is 10.4. The number of likely N-dealkylation sites (tertiary alicyclic amines) is 1. The van der Waals surface area contributed by atoms with Crippen LogP contribution in [0, 0.1) is 5.92 Å². The zero-order valence-corrected chi connectivity index (χ0v) is 15.7. The number of ether oxygens (including phenoxy) is 2. The lowest BCUT2D eigenvalue weighted by Crippen LogP contribution is -2.40. The minimum atomic E-state index is 0. The standard InChI is InChI=1S/C18H28N2O3.ClH/c1-4-22-16-7-6-15(12-17(16)23-5-2)18(21)20-10-8-14(9-11-20)13-19-3;/h6-7,12,14,19H,4-5,8-11,13H2,1-3H3;1H. The highest BCUT2D eigenvalue weighted by Gasteiger charge is 2.24. The molecule has 0 radical (unpaired) electrons. The summed E-state index contributed by atoms with van der Waals surface area (Å²) >= 11 is 0. The molecule has 1 aliphatic rings. The molecule has 0 spiro atoms. The topological polar surface area (TPSA) is 50.8 Å². The van der Waals surface area contributed by atoms with Gasteiger partial charge in [-0.3, -0.25) is 4.79 Å². The van der Waals surface area contributed by atoms with Crippen LogP contribution in [0.3, 0.4) is 0 Å². The first-order valence-electron chi connectivity index (χ1n) is 8.53. The molecule has 0 unspecified atom stereocenters. The van der Waals surface area contributed by atoms with Gasteiger partial charge in [0.05, 0.1) is 13.2 Å². The van der Waals surface area contributed by atoms with Gasteiger partial charge in [0.2, 0.25) is 0 Å². The van der Waals surface area contributed by atoms with E-state index in [0.29, 0.717) is 36.2 Å². The molecule has 2 rings (SSSR count). The summed E-state index contributed by atoms with van der Waals surface area (Å²) in [4.78, 5) is 14.6. The SMILES string of the molecule is CCOc1ccc(C(=O)N2CCC(CNC)CC2)cc1OCC.Cl. The molecule has 0 aromatic heterocycles. The van der Waals surface area contributed by atoms with E-state index in [2.05, 4.69) is 5.32 Å². The Morgan fingerprint density at radius 2 is 1.79 bits per heavy atom. The second-order valence-electron chi connectivity index (χ2n) is 5.82. The van der Waals surface area contributed by atoms with Crippen LogP contribution in [-0.4, -0.2) is 50.7 Å². The Morgan fingerprint density at radius 1 is 1.17 bits per heavy atom. The van der Waals surface area contributed by atoms with E-state index < -0.39 is 0 Å². The second-order valence-corrected chi connectivity index (χ2v) is 5.82. The lowest BCUT2D eigenvalue weighted by Gasteiger charge is -2.32. The maximum absolute atomic E-state index is 12.7. The number of nitrogens with zero attached hydrogens (tertiary/aromatic N) is 1. The average molecular weight is 357 g/mol. The van der Waals surface area contributed by atoms with E-state index in [0.717, 1.165) is 32.5 Å². The van der Waals surface area contributed by atoms with Crippen molar-refractivity contribution in [3.63, 3.8) is 0 Å². The summed E-state index contributed by atoms with van der Waals surface area (Å²) in [6.07, 6.45) is 2.11. The number of nitrogens with one attached hydrogen (secondary N) is 1. The maximum Gasteiger partial charge on any atom is 0.253 e. The minimum Gasteiger partial charge on any atom is -0.490 e.